The van der Waals surface area contributed by atoms with Crippen molar-refractivity contribution in [1.29, 1.82) is 0 Å². The van der Waals surface area contributed by atoms with E-state index in [1.807, 2.05) is 39.0 Å². The van der Waals surface area contributed by atoms with E-state index in [-0.39, 0.29) is 11.0 Å². The Hall–Kier alpha value is -3.41. The predicted octanol–water partition coefficient (Wildman–Crippen LogP) is 4.22. The maximum Gasteiger partial charge on any atom is 0.261 e. The zero-order valence-electron chi connectivity index (χ0n) is 15.3. The van der Waals surface area contributed by atoms with Gasteiger partial charge in [0.25, 0.3) is 11.5 Å². The molecule has 0 aliphatic carbocycles. The van der Waals surface area contributed by atoms with Gasteiger partial charge in [-0.1, -0.05) is 39.0 Å². The number of hydrogen-bond acceptors (Lipinski definition) is 4. The Morgan fingerprint density at radius 2 is 1.89 bits per heavy atom. The molecule has 0 saturated heterocycles. The fourth-order valence-corrected chi connectivity index (χ4v) is 2.84. The first kappa shape index (κ1) is 17.0. The van der Waals surface area contributed by atoms with Gasteiger partial charge in [-0.2, -0.15) is 0 Å². The van der Waals surface area contributed by atoms with Crippen molar-refractivity contribution in [3.05, 3.63) is 70.3 Å². The zero-order chi connectivity index (χ0) is 19.2. The van der Waals surface area contributed by atoms with Crippen LogP contribution in [-0.4, -0.2) is 15.9 Å². The first-order valence-corrected chi connectivity index (χ1v) is 8.66. The second-order valence-corrected chi connectivity index (χ2v) is 7.51. The number of carbonyl (C=O) groups excluding carboxylic acids is 1. The predicted molar refractivity (Wildman–Crippen MR) is 105 cm³/mol. The number of para-hydroxylation sites is 1. The standard InChI is InChI=1S/C21H19N3O3/c1-21(2,3)20-24-16-11-13(8-9-17(16)27-20)22-18(25)14-10-12-6-4-5-7-15(12)23-19(14)26/h4-11H,1-3H3,(H,22,25)(H,23,26). The van der Waals surface area contributed by atoms with E-state index < -0.39 is 11.5 Å². The Morgan fingerprint density at radius 1 is 1.11 bits per heavy atom. The number of anilines is 1. The molecule has 2 N–H and O–H groups in total. The van der Waals surface area contributed by atoms with Gasteiger partial charge in [-0.15, -0.1) is 0 Å². The number of H-pyrrole nitrogens is 1. The maximum absolute atomic E-state index is 12.6. The SMILES string of the molecule is CC(C)(C)c1nc2cc(NC(=O)c3cc4ccccc4[nH]c3=O)ccc2o1. The van der Waals surface area contributed by atoms with Crippen molar-refractivity contribution >= 4 is 33.6 Å². The third kappa shape index (κ3) is 3.21. The van der Waals surface area contributed by atoms with Crippen LogP contribution in [0.4, 0.5) is 5.69 Å². The fourth-order valence-electron chi connectivity index (χ4n) is 2.84. The number of aromatic amines is 1. The van der Waals surface area contributed by atoms with Gasteiger partial charge in [-0.3, -0.25) is 9.59 Å². The first-order chi connectivity index (χ1) is 12.8. The highest BCUT2D eigenvalue weighted by atomic mass is 16.3. The quantitative estimate of drug-likeness (QED) is 0.559. The molecule has 2 heterocycles. The van der Waals surface area contributed by atoms with E-state index in [4.69, 9.17) is 4.42 Å². The zero-order valence-corrected chi connectivity index (χ0v) is 15.3. The van der Waals surface area contributed by atoms with E-state index in [1.165, 1.54) is 0 Å². The Labute approximate surface area is 155 Å². The molecule has 2 aromatic carbocycles. The number of benzene rings is 2. The molecule has 0 bridgehead atoms. The molecule has 0 saturated carbocycles. The smallest absolute Gasteiger partial charge is 0.261 e. The van der Waals surface area contributed by atoms with Crippen LogP contribution in [0.3, 0.4) is 0 Å². The molecule has 6 nitrogen and oxygen atoms in total. The van der Waals surface area contributed by atoms with Crippen LogP contribution >= 0.6 is 0 Å². The molecule has 136 valence electrons. The summed E-state index contributed by atoms with van der Waals surface area (Å²) < 4.78 is 5.77. The number of pyridine rings is 1. The summed E-state index contributed by atoms with van der Waals surface area (Å²) in [4.78, 5) is 32.1. The molecule has 6 heteroatoms. The van der Waals surface area contributed by atoms with Gasteiger partial charge in [0.05, 0.1) is 0 Å². The molecule has 4 aromatic rings. The van der Waals surface area contributed by atoms with E-state index in [1.54, 1.807) is 30.3 Å². The summed E-state index contributed by atoms with van der Waals surface area (Å²) in [5, 5.41) is 3.56. The highest BCUT2D eigenvalue weighted by Gasteiger charge is 2.21. The second-order valence-electron chi connectivity index (χ2n) is 7.51. The molecule has 0 fully saturated rings. The normalized spacial score (nSPS) is 11.8. The summed E-state index contributed by atoms with van der Waals surface area (Å²) in [5.41, 5.74) is 1.98. The second kappa shape index (κ2) is 6.09. The van der Waals surface area contributed by atoms with Gasteiger partial charge in [0.2, 0.25) is 5.89 Å². The number of nitrogens with one attached hydrogen (secondary N) is 2. The topological polar surface area (TPSA) is 88.0 Å². The molecular formula is C21H19N3O3. The number of rotatable bonds is 2. The van der Waals surface area contributed by atoms with Crippen LogP contribution in [0.15, 0.2) is 57.7 Å². The van der Waals surface area contributed by atoms with Crippen molar-refractivity contribution in [2.45, 2.75) is 26.2 Å². The third-order valence-electron chi connectivity index (χ3n) is 4.29. The van der Waals surface area contributed by atoms with Crippen LogP contribution in [0.1, 0.15) is 37.0 Å². The van der Waals surface area contributed by atoms with Crippen LogP contribution < -0.4 is 10.9 Å². The molecule has 0 atom stereocenters. The van der Waals surface area contributed by atoms with E-state index in [0.717, 1.165) is 5.39 Å². The Morgan fingerprint density at radius 3 is 2.67 bits per heavy atom. The van der Waals surface area contributed by atoms with Crippen molar-refractivity contribution in [2.75, 3.05) is 5.32 Å². The molecular weight excluding hydrogens is 342 g/mol. The summed E-state index contributed by atoms with van der Waals surface area (Å²) in [7, 11) is 0. The van der Waals surface area contributed by atoms with Crippen molar-refractivity contribution in [3.8, 4) is 0 Å². The number of carbonyl (C=O) groups is 1. The Kier molecular flexibility index (Phi) is 3.84. The van der Waals surface area contributed by atoms with Gasteiger partial charge in [-0.25, -0.2) is 4.98 Å². The lowest BCUT2D eigenvalue weighted by Gasteiger charge is -2.11. The summed E-state index contributed by atoms with van der Waals surface area (Å²) in [6.45, 7) is 6.06. The minimum Gasteiger partial charge on any atom is -0.440 e. The minimum absolute atomic E-state index is 0.0596. The highest BCUT2D eigenvalue weighted by molar-refractivity contribution is 6.06. The lowest BCUT2D eigenvalue weighted by molar-refractivity contribution is 0.102. The van der Waals surface area contributed by atoms with Gasteiger partial charge in [-0.05, 0) is 35.7 Å². The molecule has 27 heavy (non-hydrogen) atoms. The molecule has 4 rings (SSSR count). The molecule has 0 spiro atoms. The molecule has 0 aliphatic heterocycles. The van der Waals surface area contributed by atoms with Crippen molar-refractivity contribution in [2.24, 2.45) is 0 Å². The van der Waals surface area contributed by atoms with Gasteiger partial charge >= 0.3 is 0 Å². The van der Waals surface area contributed by atoms with Crippen LogP contribution in [0.2, 0.25) is 0 Å². The Balaban J connectivity index is 1.66. The van der Waals surface area contributed by atoms with Crippen LogP contribution in [0.5, 0.6) is 0 Å². The maximum atomic E-state index is 12.6. The van der Waals surface area contributed by atoms with Crippen molar-refractivity contribution in [1.82, 2.24) is 9.97 Å². The number of oxazole rings is 1. The van der Waals surface area contributed by atoms with Crippen LogP contribution in [0, 0.1) is 0 Å². The number of amides is 1. The molecule has 0 aliphatic rings. The number of fused-ring (bicyclic) bond motifs is 2. The van der Waals surface area contributed by atoms with Crippen LogP contribution in [0.25, 0.3) is 22.0 Å². The average Bonchev–Trinajstić information content (AvgIpc) is 3.05. The van der Waals surface area contributed by atoms with Gasteiger partial charge in [0.1, 0.15) is 11.1 Å². The molecule has 2 aromatic heterocycles. The monoisotopic (exact) mass is 361 g/mol. The summed E-state index contributed by atoms with van der Waals surface area (Å²) >= 11 is 0. The third-order valence-corrected chi connectivity index (χ3v) is 4.29. The summed E-state index contributed by atoms with van der Waals surface area (Å²) in [5.74, 6) is 0.160. The van der Waals surface area contributed by atoms with Crippen molar-refractivity contribution < 1.29 is 9.21 Å². The fraction of sp³-hybridized carbons (Fsp3) is 0.190. The van der Waals surface area contributed by atoms with E-state index in [0.29, 0.717) is 28.2 Å². The lowest BCUT2D eigenvalue weighted by atomic mass is 9.97. The number of aromatic nitrogens is 2. The number of hydrogen-bond donors (Lipinski definition) is 2. The molecule has 0 radical (unpaired) electrons. The first-order valence-electron chi connectivity index (χ1n) is 8.66. The minimum atomic E-state index is -0.471. The molecule has 1 amide bonds. The highest BCUT2D eigenvalue weighted by Crippen LogP contribution is 2.27. The van der Waals surface area contributed by atoms with Crippen molar-refractivity contribution in [3.63, 3.8) is 0 Å². The van der Waals surface area contributed by atoms with E-state index >= 15 is 0 Å². The largest absolute Gasteiger partial charge is 0.440 e. The van der Waals surface area contributed by atoms with E-state index in [9.17, 15) is 9.59 Å². The average molecular weight is 361 g/mol. The lowest BCUT2D eigenvalue weighted by Crippen LogP contribution is -2.23. The molecule has 0 unspecified atom stereocenters. The summed E-state index contributed by atoms with van der Waals surface area (Å²) in [6.07, 6.45) is 0. The Bertz CT molecular complexity index is 1230. The summed E-state index contributed by atoms with van der Waals surface area (Å²) in [6, 6.07) is 14.1. The van der Waals surface area contributed by atoms with E-state index in [2.05, 4.69) is 15.3 Å². The van der Waals surface area contributed by atoms with Crippen LogP contribution in [-0.2, 0) is 5.41 Å². The van der Waals surface area contributed by atoms with Gasteiger partial charge < -0.3 is 14.7 Å². The number of nitrogens with zero attached hydrogens (tertiary/aromatic N) is 1. The van der Waals surface area contributed by atoms with Gasteiger partial charge in [0, 0.05) is 16.6 Å². The van der Waals surface area contributed by atoms with Gasteiger partial charge in [0.15, 0.2) is 5.58 Å².